The van der Waals surface area contributed by atoms with E-state index in [-0.39, 0.29) is 17.7 Å². The molecule has 0 aliphatic carbocycles. The highest BCUT2D eigenvalue weighted by molar-refractivity contribution is 7.89. The molecule has 2 rings (SSSR count). The fourth-order valence-corrected chi connectivity index (χ4v) is 3.83. The molecule has 104 valence electrons. The molecule has 0 aliphatic rings. The lowest BCUT2D eigenvalue weighted by molar-refractivity contribution is 0.411. The summed E-state index contributed by atoms with van der Waals surface area (Å²) in [7, 11) is -3.70. The molecule has 0 bridgehead atoms. The van der Waals surface area contributed by atoms with Gasteiger partial charge in [0.2, 0.25) is 5.09 Å². The predicted molar refractivity (Wildman–Crippen MR) is 74.7 cm³/mol. The molecule has 1 unspecified atom stereocenters. The lowest BCUT2D eigenvalue weighted by Gasteiger charge is -2.10. The van der Waals surface area contributed by atoms with Gasteiger partial charge in [-0.3, -0.25) is 0 Å². The summed E-state index contributed by atoms with van der Waals surface area (Å²) in [6.07, 6.45) is 0. The van der Waals surface area contributed by atoms with Crippen LogP contribution in [0.4, 0.5) is 0 Å². The number of rotatable bonds is 5. The maximum Gasteiger partial charge on any atom is 0.274 e. The average Bonchev–Trinajstić information content (AvgIpc) is 2.96. The van der Waals surface area contributed by atoms with Gasteiger partial charge in [-0.25, -0.2) is 13.1 Å². The van der Waals surface area contributed by atoms with Gasteiger partial charge in [-0.2, -0.15) is 0 Å². The Bertz CT molecular complexity index is 663. The third-order valence-electron chi connectivity index (χ3n) is 2.46. The van der Waals surface area contributed by atoms with Crippen molar-refractivity contribution in [2.45, 2.75) is 24.6 Å². The lowest BCUT2D eigenvalue weighted by atomic mass is 10.3. The summed E-state index contributed by atoms with van der Waals surface area (Å²) in [6.45, 7) is 1.90. The number of nitrogens with two attached hydrogens (primary N) is 1. The zero-order valence-electron chi connectivity index (χ0n) is 10.1. The van der Waals surface area contributed by atoms with E-state index in [0.29, 0.717) is 10.1 Å². The maximum atomic E-state index is 12.1. The molecule has 0 fully saturated rings. The molecule has 3 N–H and O–H groups in total. The first-order valence-corrected chi connectivity index (χ1v) is 8.16. The summed E-state index contributed by atoms with van der Waals surface area (Å²) >= 11 is 7.15. The normalized spacial score (nSPS) is 13.6. The Morgan fingerprint density at radius 1 is 1.42 bits per heavy atom. The van der Waals surface area contributed by atoms with Crippen LogP contribution in [0.15, 0.2) is 33.8 Å². The van der Waals surface area contributed by atoms with Crippen LogP contribution in [0.25, 0.3) is 0 Å². The van der Waals surface area contributed by atoms with Crippen molar-refractivity contribution in [1.82, 2.24) is 4.72 Å². The van der Waals surface area contributed by atoms with Crippen molar-refractivity contribution in [3.8, 4) is 0 Å². The minimum Gasteiger partial charge on any atom is -0.447 e. The zero-order chi connectivity index (χ0) is 14.0. The third kappa shape index (κ3) is 3.37. The lowest BCUT2D eigenvalue weighted by Crippen LogP contribution is -2.26. The molecule has 1 atom stereocenters. The topological polar surface area (TPSA) is 85.3 Å². The first kappa shape index (κ1) is 14.5. The molecule has 0 amide bonds. The Kier molecular flexibility index (Phi) is 4.32. The molecule has 8 heteroatoms. The highest BCUT2D eigenvalue weighted by atomic mass is 35.5. The van der Waals surface area contributed by atoms with E-state index in [4.69, 9.17) is 21.8 Å². The smallest absolute Gasteiger partial charge is 0.274 e. The molecule has 0 saturated carbocycles. The molecular formula is C11H13ClN2O3S2. The molecular weight excluding hydrogens is 308 g/mol. The summed E-state index contributed by atoms with van der Waals surface area (Å²) < 4.78 is 32.4. The molecule has 5 nitrogen and oxygen atoms in total. The number of halogens is 1. The van der Waals surface area contributed by atoms with Crippen molar-refractivity contribution in [1.29, 1.82) is 0 Å². The minimum atomic E-state index is -3.70. The Balaban J connectivity index is 2.17. The van der Waals surface area contributed by atoms with Crippen LogP contribution in [-0.2, 0) is 16.6 Å². The monoisotopic (exact) mass is 320 g/mol. The van der Waals surface area contributed by atoms with Gasteiger partial charge in [0, 0.05) is 4.88 Å². The SMILES string of the molecule is CC(NS(=O)(=O)c1ccc(CN)o1)c1ccc(Cl)s1. The van der Waals surface area contributed by atoms with E-state index in [1.807, 2.05) is 0 Å². The van der Waals surface area contributed by atoms with Crippen molar-refractivity contribution in [2.75, 3.05) is 0 Å². The van der Waals surface area contributed by atoms with E-state index in [9.17, 15) is 8.42 Å². The number of thiophene rings is 1. The summed E-state index contributed by atoms with van der Waals surface area (Å²) in [5.41, 5.74) is 5.38. The van der Waals surface area contributed by atoms with Gasteiger partial charge in [-0.15, -0.1) is 11.3 Å². The maximum absolute atomic E-state index is 12.1. The fourth-order valence-electron chi connectivity index (χ4n) is 1.52. The van der Waals surface area contributed by atoms with Gasteiger partial charge >= 0.3 is 0 Å². The molecule has 0 saturated heterocycles. The van der Waals surface area contributed by atoms with Gasteiger partial charge in [0.15, 0.2) is 0 Å². The third-order valence-corrected chi connectivity index (χ3v) is 5.28. The van der Waals surface area contributed by atoms with Gasteiger partial charge in [-0.1, -0.05) is 11.6 Å². The van der Waals surface area contributed by atoms with E-state index in [1.165, 1.54) is 17.4 Å². The Morgan fingerprint density at radius 2 is 2.16 bits per heavy atom. The Labute approximate surface area is 120 Å². The molecule has 2 aromatic rings. The van der Waals surface area contributed by atoms with Crippen molar-refractivity contribution in [3.05, 3.63) is 39.2 Å². The van der Waals surface area contributed by atoms with Crippen LogP contribution in [0.5, 0.6) is 0 Å². The van der Waals surface area contributed by atoms with E-state index < -0.39 is 10.0 Å². The number of furan rings is 1. The number of sulfonamides is 1. The second-order valence-electron chi connectivity index (χ2n) is 3.91. The van der Waals surface area contributed by atoms with Gasteiger partial charge in [-0.05, 0) is 31.2 Å². The fraction of sp³-hybridized carbons (Fsp3) is 0.273. The summed E-state index contributed by atoms with van der Waals surface area (Å²) in [5.74, 6) is 0.423. The first-order valence-electron chi connectivity index (χ1n) is 5.48. The predicted octanol–water partition coefficient (Wildman–Crippen LogP) is 2.49. The Morgan fingerprint density at radius 3 is 2.68 bits per heavy atom. The standard InChI is InChI=1S/C11H13ClN2O3S2/c1-7(9-3-4-10(12)18-9)14-19(15,16)11-5-2-8(6-13)17-11/h2-5,7,14H,6,13H2,1H3. The quantitative estimate of drug-likeness (QED) is 0.886. The van der Waals surface area contributed by atoms with Crippen molar-refractivity contribution in [2.24, 2.45) is 5.73 Å². The van der Waals surface area contributed by atoms with Crippen LogP contribution in [0.1, 0.15) is 23.6 Å². The van der Waals surface area contributed by atoms with Crippen molar-refractivity contribution in [3.63, 3.8) is 0 Å². The van der Waals surface area contributed by atoms with Crippen LogP contribution >= 0.6 is 22.9 Å². The molecule has 0 aromatic carbocycles. The summed E-state index contributed by atoms with van der Waals surface area (Å²) in [6, 6.07) is 6.06. The van der Waals surface area contributed by atoms with Gasteiger partial charge < -0.3 is 10.2 Å². The second-order valence-corrected chi connectivity index (χ2v) is 7.30. The van der Waals surface area contributed by atoms with Crippen LogP contribution in [0.3, 0.4) is 0 Å². The van der Waals surface area contributed by atoms with E-state index in [0.717, 1.165) is 4.88 Å². The first-order chi connectivity index (χ1) is 8.92. The van der Waals surface area contributed by atoms with E-state index >= 15 is 0 Å². The highest BCUT2D eigenvalue weighted by Crippen LogP contribution is 2.27. The van der Waals surface area contributed by atoms with E-state index in [1.54, 1.807) is 25.1 Å². The molecule has 19 heavy (non-hydrogen) atoms. The number of nitrogens with one attached hydrogen (secondary N) is 1. The van der Waals surface area contributed by atoms with Crippen molar-refractivity contribution >= 4 is 33.0 Å². The molecule has 0 spiro atoms. The molecule has 0 aliphatic heterocycles. The Hall–Kier alpha value is -0.860. The van der Waals surface area contributed by atoms with E-state index in [2.05, 4.69) is 4.72 Å². The number of hydrogen-bond donors (Lipinski definition) is 2. The zero-order valence-corrected chi connectivity index (χ0v) is 12.5. The molecule has 2 aromatic heterocycles. The van der Waals surface area contributed by atoms with Gasteiger partial charge in [0.1, 0.15) is 5.76 Å². The largest absolute Gasteiger partial charge is 0.447 e. The van der Waals surface area contributed by atoms with Gasteiger partial charge in [0.25, 0.3) is 10.0 Å². The highest BCUT2D eigenvalue weighted by Gasteiger charge is 2.22. The van der Waals surface area contributed by atoms with Crippen LogP contribution in [0.2, 0.25) is 4.34 Å². The average molecular weight is 321 g/mol. The van der Waals surface area contributed by atoms with Crippen LogP contribution in [-0.4, -0.2) is 8.42 Å². The van der Waals surface area contributed by atoms with Crippen molar-refractivity contribution < 1.29 is 12.8 Å². The van der Waals surface area contributed by atoms with Gasteiger partial charge in [0.05, 0.1) is 16.9 Å². The summed E-state index contributed by atoms with van der Waals surface area (Å²) in [4.78, 5) is 0.833. The second kappa shape index (κ2) is 5.64. The number of hydrogen-bond acceptors (Lipinski definition) is 5. The minimum absolute atomic E-state index is 0.137. The molecule has 2 heterocycles. The summed E-state index contributed by atoms with van der Waals surface area (Å²) in [5, 5.41) is -0.137. The molecule has 0 radical (unpaired) electrons. The van der Waals surface area contributed by atoms with Crippen LogP contribution < -0.4 is 10.5 Å². The van der Waals surface area contributed by atoms with Crippen LogP contribution in [0, 0.1) is 0 Å².